The normalized spacial score (nSPS) is 13.2. The van der Waals surface area contributed by atoms with Crippen molar-refractivity contribution in [2.45, 2.75) is 25.6 Å². The maximum Gasteiger partial charge on any atom is 0.417 e. The maximum atomic E-state index is 12.8. The van der Waals surface area contributed by atoms with Crippen molar-refractivity contribution >= 4 is 21.8 Å². The minimum Gasteiger partial charge on any atom is -0.350 e. The molecule has 0 aliphatic heterocycles. The van der Waals surface area contributed by atoms with Gasteiger partial charge in [-0.3, -0.25) is 4.79 Å². The standard InChI is InChI=1S/C12H14BrF3N2O/c1-2-8(17)6-18-11(19)9-4-3-7(13)5-10(9)12(14,15)16/h3-5,8H,2,6,17H2,1H3,(H,18,19). The van der Waals surface area contributed by atoms with Crippen LogP contribution in [-0.4, -0.2) is 18.5 Å². The van der Waals surface area contributed by atoms with Gasteiger partial charge in [-0.25, -0.2) is 0 Å². The molecule has 0 fully saturated rings. The van der Waals surface area contributed by atoms with Gasteiger partial charge in [-0.05, 0) is 24.6 Å². The van der Waals surface area contributed by atoms with Gasteiger partial charge in [0.1, 0.15) is 0 Å². The van der Waals surface area contributed by atoms with Gasteiger partial charge in [-0.2, -0.15) is 13.2 Å². The van der Waals surface area contributed by atoms with E-state index in [2.05, 4.69) is 21.2 Å². The van der Waals surface area contributed by atoms with Crippen molar-refractivity contribution in [2.75, 3.05) is 6.54 Å². The van der Waals surface area contributed by atoms with Crippen LogP contribution in [0.15, 0.2) is 22.7 Å². The Morgan fingerprint density at radius 2 is 2.11 bits per heavy atom. The number of benzene rings is 1. The topological polar surface area (TPSA) is 55.1 Å². The van der Waals surface area contributed by atoms with Crippen molar-refractivity contribution in [3.05, 3.63) is 33.8 Å². The van der Waals surface area contributed by atoms with Gasteiger partial charge in [0.15, 0.2) is 0 Å². The lowest BCUT2D eigenvalue weighted by molar-refractivity contribution is -0.138. The highest BCUT2D eigenvalue weighted by Crippen LogP contribution is 2.33. The number of carbonyl (C=O) groups excluding carboxylic acids is 1. The van der Waals surface area contributed by atoms with Gasteiger partial charge < -0.3 is 11.1 Å². The number of carbonyl (C=O) groups is 1. The first-order chi connectivity index (χ1) is 8.75. The molecule has 1 aromatic rings. The van der Waals surface area contributed by atoms with Gasteiger partial charge in [0, 0.05) is 17.1 Å². The molecule has 0 saturated carbocycles. The van der Waals surface area contributed by atoms with Crippen LogP contribution in [0.4, 0.5) is 13.2 Å². The van der Waals surface area contributed by atoms with E-state index in [0.29, 0.717) is 6.42 Å². The smallest absolute Gasteiger partial charge is 0.350 e. The number of hydrogen-bond acceptors (Lipinski definition) is 2. The third-order valence-electron chi connectivity index (χ3n) is 2.58. The molecular formula is C12H14BrF3N2O. The van der Waals surface area contributed by atoms with Crippen LogP contribution < -0.4 is 11.1 Å². The molecule has 0 aromatic heterocycles. The molecule has 19 heavy (non-hydrogen) atoms. The molecule has 106 valence electrons. The lowest BCUT2D eigenvalue weighted by atomic mass is 10.1. The van der Waals surface area contributed by atoms with Crippen LogP contribution in [0.2, 0.25) is 0 Å². The Balaban J connectivity index is 2.97. The summed E-state index contributed by atoms with van der Waals surface area (Å²) in [7, 11) is 0. The summed E-state index contributed by atoms with van der Waals surface area (Å²) in [4.78, 5) is 11.8. The largest absolute Gasteiger partial charge is 0.417 e. The summed E-state index contributed by atoms with van der Waals surface area (Å²) in [6, 6.07) is 3.15. The molecule has 7 heteroatoms. The van der Waals surface area contributed by atoms with Crippen LogP contribution in [0.3, 0.4) is 0 Å². The van der Waals surface area contributed by atoms with E-state index >= 15 is 0 Å². The summed E-state index contributed by atoms with van der Waals surface area (Å²) >= 11 is 2.96. The molecule has 3 nitrogen and oxygen atoms in total. The number of nitrogens with one attached hydrogen (secondary N) is 1. The van der Waals surface area contributed by atoms with Gasteiger partial charge in [0.2, 0.25) is 0 Å². The van der Waals surface area contributed by atoms with Crippen molar-refractivity contribution in [3.63, 3.8) is 0 Å². The number of nitrogens with two attached hydrogens (primary N) is 1. The Hall–Kier alpha value is -1.08. The van der Waals surface area contributed by atoms with Gasteiger partial charge in [-0.15, -0.1) is 0 Å². The zero-order chi connectivity index (χ0) is 14.6. The number of halogens is 4. The zero-order valence-electron chi connectivity index (χ0n) is 10.2. The van der Waals surface area contributed by atoms with E-state index < -0.39 is 23.2 Å². The van der Waals surface area contributed by atoms with Gasteiger partial charge in [0.25, 0.3) is 5.91 Å². The Morgan fingerprint density at radius 1 is 1.47 bits per heavy atom. The van der Waals surface area contributed by atoms with Gasteiger partial charge >= 0.3 is 6.18 Å². The van der Waals surface area contributed by atoms with Crippen LogP contribution in [0.25, 0.3) is 0 Å². The molecule has 0 heterocycles. The monoisotopic (exact) mass is 338 g/mol. The molecule has 1 unspecified atom stereocenters. The van der Waals surface area contributed by atoms with Crippen molar-refractivity contribution in [3.8, 4) is 0 Å². The molecule has 0 aliphatic carbocycles. The summed E-state index contributed by atoms with van der Waals surface area (Å²) in [5.41, 5.74) is 4.23. The fraction of sp³-hybridized carbons (Fsp3) is 0.417. The number of alkyl halides is 3. The third-order valence-corrected chi connectivity index (χ3v) is 3.07. The molecule has 1 aromatic carbocycles. The fourth-order valence-corrected chi connectivity index (χ4v) is 1.77. The Kier molecular flexibility index (Phi) is 5.37. The highest BCUT2D eigenvalue weighted by Gasteiger charge is 2.35. The van der Waals surface area contributed by atoms with Crippen molar-refractivity contribution < 1.29 is 18.0 Å². The summed E-state index contributed by atoms with van der Waals surface area (Å²) in [5.74, 6) is -0.774. The van der Waals surface area contributed by atoms with Crippen LogP contribution in [0.5, 0.6) is 0 Å². The Labute approximate surface area is 117 Å². The summed E-state index contributed by atoms with van der Waals surface area (Å²) < 4.78 is 38.8. The molecule has 0 aliphatic rings. The van der Waals surface area contributed by atoms with Crippen LogP contribution >= 0.6 is 15.9 Å². The molecule has 1 amide bonds. The zero-order valence-corrected chi connectivity index (χ0v) is 11.8. The van der Waals surface area contributed by atoms with E-state index in [0.717, 1.165) is 12.1 Å². The second kappa shape index (κ2) is 6.38. The van der Waals surface area contributed by atoms with E-state index in [4.69, 9.17) is 5.73 Å². The summed E-state index contributed by atoms with van der Waals surface area (Å²) in [6.45, 7) is 1.97. The third kappa shape index (κ3) is 4.50. The van der Waals surface area contributed by atoms with E-state index in [1.165, 1.54) is 6.07 Å². The SMILES string of the molecule is CCC(N)CNC(=O)c1ccc(Br)cc1C(F)(F)F. The molecule has 1 atom stereocenters. The first-order valence-electron chi connectivity index (χ1n) is 5.66. The fourth-order valence-electron chi connectivity index (χ4n) is 1.41. The molecule has 0 radical (unpaired) electrons. The van der Waals surface area contributed by atoms with E-state index in [1.54, 1.807) is 0 Å². The second-order valence-electron chi connectivity index (χ2n) is 4.07. The second-order valence-corrected chi connectivity index (χ2v) is 4.98. The molecule has 0 spiro atoms. The maximum absolute atomic E-state index is 12.8. The van der Waals surface area contributed by atoms with Crippen LogP contribution in [-0.2, 0) is 6.18 Å². The lowest BCUT2D eigenvalue weighted by Crippen LogP contribution is -2.37. The minimum atomic E-state index is -4.58. The summed E-state index contributed by atoms with van der Waals surface area (Å²) in [5, 5.41) is 2.40. The first-order valence-corrected chi connectivity index (χ1v) is 6.45. The van der Waals surface area contributed by atoms with Crippen molar-refractivity contribution in [1.82, 2.24) is 5.32 Å². The highest BCUT2D eigenvalue weighted by molar-refractivity contribution is 9.10. The van der Waals surface area contributed by atoms with Crippen LogP contribution in [0.1, 0.15) is 29.3 Å². The summed E-state index contributed by atoms with van der Waals surface area (Å²) in [6.07, 6.45) is -3.95. The Bertz CT molecular complexity index is 463. The predicted octanol–water partition coefficient (Wildman–Crippen LogP) is 2.94. The molecular weight excluding hydrogens is 325 g/mol. The average molecular weight is 339 g/mol. The average Bonchev–Trinajstić information content (AvgIpc) is 2.34. The van der Waals surface area contributed by atoms with E-state index in [1.807, 2.05) is 6.92 Å². The van der Waals surface area contributed by atoms with Crippen molar-refractivity contribution in [2.24, 2.45) is 5.73 Å². The molecule has 1 rings (SSSR count). The minimum absolute atomic E-state index is 0.142. The predicted molar refractivity (Wildman–Crippen MR) is 69.7 cm³/mol. The number of amides is 1. The number of rotatable bonds is 4. The molecule has 0 bridgehead atoms. The number of hydrogen-bond donors (Lipinski definition) is 2. The highest BCUT2D eigenvalue weighted by atomic mass is 79.9. The van der Waals surface area contributed by atoms with E-state index in [-0.39, 0.29) is 17.1 Å². The van der Waals surface area contributed by atoms with Gasteiger partial charge in [0.05, 0.1) is 11.1 Å². The van der Waals surface area contributed by atoms with Crippen molar-refractivity contribution in [1.29, 1.82) is 0 Å². The van der Waals surface area contributed by atoms with Gasteiger partial charge in [-0.1, -0.05) is 22.9 Å². The molecule has 0 saturated heterocycles. The quantitative estimate of drug-likeness (QED) is 0.886. The Morgan fingerprint density at radius 3 is 2.63 bits per heavy atom. The van der Waals surface area contributed by atoms with E-state index in [9.17, 15) is 18.0 Å². The lowest BCUT2D eigenvalue weighted by Gasteiger charge is -2.15. The van der Waals surface area contributed by atoms with Crippen LogP contribution in [0, 0.1) is 0 Å². The first kappa shape index (κ1) is 16.0. The molecule has 3 N–H and O–H groups in total.